The van der Waals surface area contributed by atoms with Crippen LogP contribution >= 0.6 is 11.6 Å². The van der Waals surface area contributed by atoms with Crippen molar-refractivity contribution in [3.05, 3.63) is 69.9 Å². The highest BCUT2D eigenvalue weighted by molar-refractivity contribution is 6.30. The first-order valence-electron chi connectivity index (χ1n) is 9.54. The maximum atomic E-state index is 6.04. The molecule has 3 aromatic rings. The quantitative estimate of drug-likeness (QED) is 0.570. The average molecular weight is 367 g/mol. The Morgan fingerprint density at radius 3 is 2.54 bits per heavy atom. The third kappa shape index (κ3) is 2.86. The molecular weight excluding hydrogens is 340 g/mol. The van der Waals surface area contributed by atoms with E-state index in [1.165, 1.54) is 33.3 Å². The predicted octanol–water partition coefficient (Wildman–Crippen LogP) is 5.78. The smallest absolute Gasteiger partial charge is 0.0515 e. The van der Waals surface area contributed by atoms with Crippen molar-refractivity contribution in [3.8, 4) is 0 Å². The minimum Gasteiger partial charge on any atom is -0.344 e. The molecule has 0 saturated carbocycles. The zero-order valence-electron chi connectivity index (χ0n) is 16.1. The van der Waals surface area contributed by atoms with E-state index >= 15 is 0 Å². The molecule has 2 heterocycles. The maximum Gasteiger partial charge on any atom is 0.0515 e. The normalized spacial score (nSPS) is 20.5. The molecule has 0 amide bonds. The lowest BCUT2D eigenvalue weighted by molar-refractivity contribution is 0.177. The molecular formula is C23H27ClN2. The van der Waals surface area contributed by atoms with Gasteiger partial charge in [0.25, 0.3) is 0 Å². The Kier molecular flexibility index (Phi) is 4.58. The number of hydrogen-bond donors (Lipinski definition) is 0. The van der Waals surface area contributed by atoms with E-state index in [0.29, 0.717) is 12.1 Å². The summed E-state index contributed by atoms with van der Waals surface area (Å²) in [6.07, 6.45) is 2.14. The zero-order chi connectivity index (χ0) is 18.4. The fourth-order valence-electron chi connectivity index (χ4n) is 4.50. The number of para-hydroxylation sites is 1. The number of aryl methyl sites for hydroxylation is 3. The fourth-order valence-corrected chi connectivity index (χ4v) is 4.63. The molecule has 0 radical (unpaired) electrons. The highest BCUT2D eigenvalue weighted by Gasteiger charge is 2.32. The van der Waals surface area contributed by atoms with Crippen LogP contribution in [0.2, 0.25) is 5.02 Å². The van der Waals surface area contributed by atoms with E-state index in [0.717, 1.165) is 24.4 Å². The monoisotopic (exact) mass is 366 g/mol. The van der Waals surface area contributed by atoms with Gasteiger partial charge in [0.1, 0.15) is 0 Å². The van der Waals surface area contributed by atoms with E-state index in [4.69, 9.17) is 11.6 Å². The van der Waals surface area contributed by atoms with Crippen LogP contribution in [-0.2, 0) is 19.4 Å². The van der Waals surface area contributed by atoms with Crippen molar-refractivity contribution >= 4 is 22.5 Å². The SMILES string of the molecule is Cc1cccc2c3c(n(CCc4ccc(Cl)cc4)c12)CC(C)N(C)C3C. The Morgan fingerprint density at radius 1 is 1.08 bits per heavy atom. The van der Waals surface area contributed by atoms with Crippen LogP contribution in [0.4, 0.5) is 0 Å². The van der Waals surface area contributed by atoms with Gasteiger partial charge in [-0.2, -0.15) is 0 Å². The summed E-state index contributed by atoms with van der Waals surface area (Å²) in [6, 6.07) is 16.0. The fraction of sp³-hybridized carbons (Fsp3) is 0.391. The molecule has 1 aromatic heterocycles. The van der Waals surface area contributed by atoms with Gasteiger partial charge in [-0.25, -0.2) is 0 Å². The second-order valence-corrected chi connectivity index (χ2v) is 8.19. The number of benzene rings is 2. The summed E-state index contributed by atoms with van der Waals surface area (Å²) in [5.74, 6) is 0. The minimum atomic E-state index is 0.454. The molecule has 1 aliphatic heterocycles. The van der Waals surface area contributed by atoms with E-state index in [-0.39, 0.29) is 0 Å². The summed E-state index contributed by atoms with van der Waals surface area (Å²) in [6.45, 7) is 7.94. The molecule has 0 fully saturated rings. The molecule has 2 atom stereocenters. The van der Waals surface area contributed by atoms with Gasteiger partial charge in [-0.05, 0) is 63.1 Å². The third-order valence-corrected chi connectivity index (χ3v) is 6.44. The zero-order valence-corrected chi connectivity index (χ0v) is 16.8. The van der Waals surface area contributed by atoms with E-state index in [1.807, 2.05) is 12.1 Å². The molecule has 136 valence electrons. The van der Waals surface area contributed by atoms with Crippen LogP contribution in [0.15, 0.2) is 42.5 Å². The number of hydrogen-bond acceptors (Lipinski definition) is 1. The van der Waals surface area contributed by atoms with Crippen LogP contribution in [0.3, 0.4) is 0 Å². The second kappa shape index (κ2) is 6.75. The summed E-state index contributed by atoms with van der Waals surface area (Å²) in [4.78, 5) is 2.51. The topological polar surface area (TPSA) is 8.17 Å². The first-order valence-corrected chi connectivity index (χ1v) is 9.92. The maximum absolute atomic E-state index is 6.04. The Morgan fingerprint density at radius 2 is 1.81 bits per heavy atom. The van der Waals surface area contributed by atoms with E-state index in [1.54, 1.807) is 0 Å². The Balaban J connectivity index is 1.81. The van der Waals surface area contributed by atoms with Gasteiger partial charge in [-0.15, -0.1) is 0 Å². The minimum absolute atomic E-state index is 0.454. The van der Waals surface area contributed by atoms with Gasteiger partial charge < -0.3 is 4.57 Å². The van der Waals surface area contributed by atoms with Crippen LogP contribution in [0.1, 0.15) is 42.3 Å². The predicted molar refractivity (Wildman–Crippen MR) is 111 cm³/mol. The van der Waals surface area contributed by atoms with Crippen molar-refractivity contribution in [2.75, 3.05) is 7.05 Å². The molecule has 3 heteroatoms. The van der Waals surface area contributed by atoms with Gasteiger partial charge in [0.15, 0.2) is 0 Å². The van der Waals surface area contributed by atoms with Crippen molar-refractivity contribution in [2.24, 2.45) is 0 Å². The molecule has 1 aliphatic rings. The van der Waals surface area contributed by atoms with Gasteiger partial charge in [0.2, 0.25) is 0 Å². The lowest BCUT2D eigenvalue weighted by Crippen LogP contribution is -2.38. The van der Waals surface area contributed by atoms with Crippen LogP contribution < -0.4 is 0 Å². The van der Waals surface area contributed by atoms with Crippen molar-refractivity contribution in [1.82, 2.24) is 9.47 Å². The van der Waals surface area contributed by atoms with Crippen molar-refractivity contribution in [2.45, 2.75) is 52.2 Å². The van der Waals surface area contributed by atoms with Crippen molar-refractivity contribution in [3.63, 3.8) is 0 Å². The molecule has 4 rings (SSSR count). The molecule has 0 bridgehead atoms. The third-order valence-electron chi connectivity index (χ3n) is 6.18. The molecule has 0 N–H and O–H groups in total. The van der Waals surface area contributed by atoms with Gasteiger partial charge >= 0.3 is 0 Å². The van der Waals surface area contributed by atoms with Gasteiger partial charge in [-0.3, -0.25) is 4.90 Å². The Labute approximate surface area is 161 Å². The number of nitrogens with zero attached hydrogens (tertiary/aromatic N) is 2. The van der Waals surface area contributed by atoms with Crippen molar-refractivity contribution in [1.29, 1.82) is 0 Å². The van der Waals surface area contributed by atoms with Gasteiger partial charge in [0, 0.05) is 41.2 Å². The van der Waals surface area contributed by atoms with Crippen LogP contribution in [-0.4, -0.2) is 22.6 Å². The molecule has 2 aromatic carbocycles. The Bertz CT molecular complexity index is 939. The first-order chi connectivity index (χ1) is 12.5. The van der Waals surface area contributed by atoms with Crippen LogP contribution in [0, 0.1) is 6.92 Å². The van der Waals surface area contributed by atoms with Crippen LogP contribution in [0.25, 0.3) is 10.9 Å². The second-order valence-electron chi connectivity index (χ2n) is 7.75. The van der Waals surface area contributed by atoms with E-state index in [9.17, 15) is 0 Å². The highest BCUT2D eigenvalue weighted by Crippen LogP contribution is 2.40. The summed E-state index contributed by atoms with van der Waals surface area (Å²) < 4.78 is 2.59. The largest absolute Gasteiger partial charge is 0.344 e. The van der Waals surface area contributed by atoms with E-state index < -0.39 is 0 Å². The lowest BCUT2D eigenvalue weighted by Gasteiger charge is -2.36. The van der Waals surface area contributed by atoms with Crippen molar-refractivity contribution < 1.29 is 0 Å². The standard InChI is InChI=1S/C23H27ClN2/c1-15-6-5-7-20-22-17(3)25(4)16(2)14-21(22)26(23(15)20)13-12-18-8-10-19(24)11-9-18/h5-11,16-17H,12-14H2,1-4H3. The number of halogens is 1. The lowest BCUT2D eigenvalue weighted by atomic mass is 9.93. The van der Waals surface area contributed by atoms with Crippen LogP contribution in [0.5, 0.6) is 0 Å². The number of fused-ring (bicyclic) bond motifs is 3. The molecule has 0 aliphatic carbocycles. The molecule has 2 unspecified atom stereocenters. The number of rotatable bonds is 3. The number of likely N-dealkylation sites (N-methyl/N-ethyl adjacent to an activating group) is 1. The Hall–Kier alpha value is -1.77. The van der Waals surface area contributed by atoms with Gasteiger partial charge in [-0.1, -0.05) is 41.9 Å². The summed E-state index contributed by atoms with van der Waals surface area (Å²) in [5.41, 5.74) is 7.19. The first kappa shape index (κ1) is 17.6. The molecule has 0 spiro atoms. The molecule has 26 heavy (non-hydrogen) atoms. The highest BCUT2D eigenvalue weighted by atomic mass is 35.5. The average Bonchev–Trinajstić information content (AvgIpc) is 2.94. The summed E-state index contributed by atoms with van der Waals surface area (Å²) in [7, 11) is 2.25. The summed E-state index contributed by atoms with van der Waals surface area (Å²) in [5, 5.41) is 2.24. The number of aromatic nitrogens is 1. The molecule has 2 nitrogen and oxygen atoms in total. The summed E-state index contributed by atoms with van der Waals surface area (Å²) >= 11 is 6.04. The molecule has 0 saturated heterocycles. The van der Waals surface area contributed by atoms with E-state index in [2.05, 4.69) is 67.6 Å². The van der Waals surface area contributed by atoms with Gasteiger partial charge in [0.05, 0.1) is 5.52 Å².